The smallest absolute Gasteiger partial charge is 0.422 e. The van der Waals surface area contributed by atoms with Crippen molar-refractivity contribution in [3.05, 3.63) is 70.8 Å². The van der Waals surface area contributed by atoms with Crippen molar-refractivity contribution in [3.63, 3.8) is 0 Å². The van der Waals surface area contributed by atoms with Gasteiger partial charge in [-0.1, -0.05) is 18.2 Å². The summed E-state index contributed by atoms with van der Waals surface area (Å²) in [6, 6.07) is 11.8. The summed E-state index contributed by atoms with van der Waals surface area (Å²) >= 11 is 0. The van der Waals surface area contributed by atoms with Crippen LogP contribution < -0.4 is 10.3 Å². The average Bonchev–Trinajstić information content (AvgIpc) is 3.11. The van der Waals surface area contributed by atoms with Crippen molar-refractivity contribution in [1.82, 2.24) is 14.0 Å². The fraction of sp³-hybridized carbons (Fsp3) is 0.158. The minimum absolute atomic E-state index is 0.0287. The molecule has 0 bridgehead atoms. The molecule has 0 aliphatic heterocycles. The Hall–Kier alpha value is -3.29. The van der Waals surface area contributed by atoms with Crippen LogP contribution in [-0.2, 0) is 0 Å². The monoisotopic (exact) mass is 373 g/mol. The molecule has 4 aromatic rings. The molecule has 0 spiro atoms. The molecular weight excluding hydrogens is 359 g/mol. The summed E-state index contributed by atoms with van der Waals surface area (Å²) < 4.78 is 45.4. The van der Waals surface area contributed by atoms with E-state index in [2.05, 4.69) is 4.98 Å². The van der Waals surface area contributed by atoms with Crippen LogP contribution >= 0.6 is 0 Å². The first-order chi connectivity index (χ1) is 12.8. The van der Waals surface area contributed by atoms with E-state index in [1.165, 1.54) is 22.9 Å². The molecule has 0 fully saturated rings. The highest BCUT2D eigenvalue weighted by Gasteiger charge is 2.28. The van der Waals surface area contributed by atoms with Crippen molar-refractivity contribution in [2.45, 2.75) is 13.1 Å². The molecule has 0 amide bonds. The number of hydrogen-bond donors (Lipinski definition) is 0. The van der Waals surface area contributed by atoms with Crippen LogP contribution in [0.4, 0.5) is 13.2 Å². The van der Waals surface area contributed by atoms with Gasteiger partial charge in [-0.2, -0.15) is 13.2 Å². The minimum Gasteiger partial charge on any atom is -0.484 e. The number of benzene rings is 2. The third-order valence-corrected chi connectivity index (χ3v) is 4.24. The van der Waals surface area contributed by atoms with Gasteiger partial charge in [0.25, 0.3) is 5.56 Å². The molecule has 27 heavy (non-hydrogen) atoms. The van der Waals surface area contributed by atoms with Crippen LogP contribution in [0.1, 0.15) is 5.56 Å². The predicted octanol–water partition coefficient (Wildman–Crippen LogP) is 3.89. The van der Waals surface area contributed by atoms with Gasteiger partial charge < -0.3 is 4.74 Å². The van der Waals surface area contributed by atoms with E-state index in [4.69, 9.17) is 4.74 Å². The van der Waals surface area contributed by atoms with E-state index < -0.39 is 12.8 Å². The number of para-hydroxylation sites is 1. The second-order valence-corrected chi connectivity index (χ2v) is 6.10. The van der Waals surface area contributed by atoms with Crippen LogP contribution in [0.3, 0.4) is 0 Å². The molecule has 0 aliphatic rings. The largest absolute Gasteiger partial charge is 0.484 e. The van der Waals surface area contributed by atoms with Crippen molar-refractivity contribution < 1.29 is 17.9 Å². The highest BCUT2D eigenvalue weighted by molar-refractivity contribution is 5.81. The molecule has 2 aromatic heterocycles. The number of imidazole rings is 1. The molecule has 2 aromatic carbocycles. The molecular formula is C19H14F3N3O2. The molecule has 138 valence electrons. The maximum absolute atomic E-state index is 13.0. The first-order valence-electron chi connectivity index (χ1n) is 8.12. The Morgan fingerprint density at radius 1 is 1.11 bits per heavy atom. The van der Waals surface area contributed by atoms with Gasteiger partial charge in [-0.15, -0.1) is 0 Å². The van der Waals surface area contributed by atoms with Gasteiger partial charge in [0.1, 0.15) is 5.75 Å². The van der Waals surface area contributed by atoms with E-state index in [9.17, 15) is 18.0 Å². The summed E-state index contributed by atoms with van der Waals surface area (Å²) in [6.07, 6.45) is -1.30. The van der Waals surface area contributed by atoms with Crippen molar-refractivity contribution in [2.24, 2.45) is 0 Å². The number of hydrogen-bond acceptors (Lipinski definition) is 3. The highest BCUT2D eigenvalue weighted by Crippen LogP contribution is 2.26. The first-order valence-corrected chi connectivity index (χ1v) is 8.12. The fourth-order valence-corrected chi connectivity index (χ4v) is 3.06. The Morgan fingerprint density at radius 2 is 1.89 bits per heavy atom. The third kappa shape index (κ3) is 3.03. The molecule has 0 saturated heterocycles. The molecule has 0 radical (unpaired) electrons. The number of nitrogens with zero attached hydrogens (tertiary/aromatic N) is 3. The Labute approximate surface area is 151 Å². The topological polar surface area (TPSA) is 48.5 Å². The van der Waals surface area contributed by atoms with Crippen molar-refractivity contribution >= 4 is 16.7 Å². The Balaban J connectivity index is 2.02. The molecule has 0 atom stereocenters. The lowest BCUT2D eigenvalue weighted by Crippen LogP contribution is -2.23. The number of alkyl halides is 3. The van der Waals surface area contributed by atoms with Gasteiger partial charge in [0.05, 0.1) is 16.7 Å². The van der Waals surface area contributed by atoms with Crippen molar-refractivity contribution in [1.29, 1.82) is 0 Å². The van der Waals surface area contributed by atoms with E-state index in [1.54, 1.807) is 28.8 Å². The van der Waals surface area contributed by atoms with E-state index in [-0.39, 0.29) is 17.0 Å². The Kier molecular flexibility index (Phi) is 3.91. The van der Waals surface area contributed by atoms with Gasteiger partial charge in [0.15, 0.2) is 6.61 Å². The molecule has 5 nitrogen and oxygen atoms in total. The van der Waals surface area contributed by atoms with Crippen molar-refractivity contribution in [2.75, 3.05) is 6.61 Å². The number of ether oxygens (including phenoxy) is 1. The van der Waals surface area contributed by atoms with Gasteiger partial charge in [0, 0.05) is 18.5 Å². The third-order valence-electron chi connectivity index (χ3n) is 4.24. The summed E-state index contributed by atoms with van der Waals surface area (Å²) in [5.74, 6) is 0.0287. The maximum Gasteiger partial charge on any atom is 0.422 e. The summed E-state index contributed by atoms with van der Waals surface area (Å²) in [5, 5.41) is 0. The Bertz CT molecular complexity index is 1210. The van der Waals surface area contributed by atoms with Crippen LogP contribution in [0.2, 0.25) is 0 Å². The van der Waals surface area contributed by atoms with E-state index >= 15 is 0 Å². The fourth-order valence-electron chi connectivity index (χ4n) is 3.06. The standard InChI is InChI=1S/C19H14F3N3O2/c1-12-4-2-3-5-14(12)25-16-10-13(27-11-19(20,21)22)6-7-15(16)24-9-8-23-17(24)18(25)26/h2-10H,11H2,1H3. The lowest BCUT2D eigenvalue weighted by molar-refractivity contribution is -0.153. The van der Waals surface area contributed by atoms with E-state index in [0.717, 1.165) is 5.56 Å². The lowest BCUT2D eigenvalue weighted by Gasteiger charge is -2.16. The molecule has 0 aliphatic carbocycles. The quantitative estimate of drug-likeness (QED) is 0.548. The van der Waals surface area contributed by atoms with Crippen LogP contribution in [0.25, 0.3) is 22.4 Å². The van der Waals surface area contributed by atoms with Gasteiger partial charge in [-0.05, 0) is 30.7 Å². The zero-order chi connectivity index (χ0) is 19.2. The van der Waals surface area contributed by atoms with Gasteiger partial charge in [-0.3, -0.25) is 13.8 Å². The Morgan fingerprint density at radius 3 is 2.63 bits per heavy atom. The van der Waals surface area contributed by atoms with Gasteiger partial charge >= 0.3 is 6.18 Å². The second-order valence-electron chi connectivity index (χ2n) is 6.10. The summed E-state index contributed by atoms with van der Waals surface area (Å²) in [4.78, 5) is 17.2. The summed E-state index contributed by atoms with van der Waals surface area (Å²) in [6.45, 7) is 0.452. The molecule has 0 unspecified atom stereocenters. The first kappa shape index (κ1) is 17.1. The van der Waals surface area contributed by atoms with Crippen LogP contribution in [0, 0.1) is 6.92 Å². The van der Waals surface area contributed by atoms with Crippen LogP contribution in [0.15, 0.2) is 59.7 Å². The molecule has 4 rings (SSSR count). The van der Waals surface area contributed by atoms with E-state index in [1.807, 2.05) is 19.1 Å². The minimum atomic E-state index is -4.45. The lowest BCUT2D eigenvalue weighted by atomic mass is 10.2. The predicted molar refractivity (Wildman–Crippen MR) is 94.6 cm³/mol. The van der Waals surface area contributed by atoms with Gasteiger partial charge in [-0.25, -0.2) is 4.98 Å². The molecule has 0 saturated carbocycles. The number of fused-ring (bicyclic) bond motifs is 3. The van der Waals surface area contributed by atoms with Crippen LogP contribution in [0.5, 0.6) is 5.75 Å². The molecule has 0 N–H and O–H groups in total. The number of aryl methyl sites for hydroxylation is 1. The number of rotatable bonds is 3. The van der Waals surface area contributed by atoms with Crippen molar-refractivity contribution in [3.8, 4) is 11.4 Å². The zero-order valence-corrected chi connectivity index (χ0v) is 14.2. The second kappa shape index (κ2) is 6.15. The van der Waals surface area contributed by atoms with E-state index in [0.29, 0.717) is 16.7 Å². The van der Waals surface area contributed by atoms with Gasteiger partial charge in [0.2, 0.25) is 5.65 Å². The normalized spacial score (nSPS) is 12.0. The SMILES string of the molecule is Cc1ccccc1-n1c(=O)c2nccn2c2ccc(OCC(F)(F)F)cc21. The average molecular weight is 373 g/mol. The molecule has 8 heteroatoms. The number of halogens is 3. The zero-order valence-electron chi connectivity index (χ0n) is 14.2. The van der Waals surface area contributed by atoms with Crippen LogP contribution in [-0.4, -0.2) is 26.7 Å². The molecule has 2 heterocycles. The maximum atomic E-state index is 13.0. The summed E-state index contributed by atoms with van der Waals surface area (Å²) in [7, 11) is 0. The summed E-state index contributed by atoms with van der Waals surface area (Å²) in [5.41, 5.74) is 2.40. The highest BCUT2D eigenvalue weighted by atomic mass is 19.4. The number of aromatic nitrogens is 3.